The minimum atomic E-state index is -2.90. The minimum absolute atomic E-state index is 0.0153. The van der Waals surface area contributed by atoms with Gasteiger partial charge in [0.05, 0.1) is 0 Å². The van der Waals surface area contributed by atoms with E-state index < -0.39 is 12.5 Å². The Hall–Kier alpha value is -0.570. The third-order valence-electron chi connectivity index (χ3n) is 2.84. The average Bonchev–Trinajstić information content (AvgIpc) is 2.43. The lowest BCUT2D eigenvalue weighted by molar-refractivity contribution is -0.0831. The van der Waals surface area contributed by atoms with Gasteiger partial charge in [-0.1, -0.05) is 52.6 Å². The fourth-order valence-corrected chi connectivity index (χ4v) is 1.95. The van der Waals surface area contributed by atoms with E-state index in [1.165, 1.54) is 12.1 Å². The molecule has 19 heavy (non-hydrogen) atoms. The van der Waals surface area contributed by atoms with E-state index in [-0.39, 0.29) is 5.56 Å². The van der Waals surface area contributed by atoms with E-state index in [9.17, 15) is 8.78 Å². The van der Waals surface area contributed by atoms with Crippen LogP contribution in [0.2, 0.25) is 0 Å². The minimum Gasteiger partial charge on any atom is -0.375 e. The van der Waals surface area contributed by atoms with Crippen LogP contribution in [-0.2, 0) is 10.7 Å². The third-order valence-corrected chi connectivity index (χ3v) is 3.13. The number of halogens is 2. The van der Waals surface area contributed by atoms with Crippen LogP contribution in [0.15, 0.2) is 30.3 Å². The van der Waals surface area contributed by atoms with Gasteiger partial charge in [-0.3, -0.25) is 0 Å². The highest BCUT2D eigenvalue weighted by Gasteiger charge is 2.31. The van der Waals surface area contributed by atoms with Gasteiger partial charge in [-0.15, -0.1) is 0 Å². The Morgan fingerprint density at radius 1 is 1.05 bits per heavy atom. The standard InChI is InChI=1S/C14H22F2NOP/c15-14(16,13-8-4-3-5-9-13)12-18-11-7-2-1-6-10-17-19/h3-5,8-9,17H,1-2,6-7,10-12,19H2. The molecule has 0 heterocycles. The van der Waals surface area contributed by atoms with Crippen LogP contribution >= 0.6 is 9.39 Å². The summed E-state index contributed by atoms with van der Waals surface area (Å²) in [6, 6.07) is 7.81. The quantitative estimate of drug-likeness (QED) is 0.523. The predicted molar refractivity (Wildman–Crippen MR) is 77.3 cm³/mol. The van der Waals surface area contributed by atoms with Crippen LogP contribution in [-0.4, -0.2) is 19.8 Å². The lowest BCUT2D eigenvalue weighted by Gasteiger charge is -2.16. The van der Waals surface area contributed by atoms with Gasteiger partial charge in [-0.2, -0.15) is 8.78 Å². The number of alkyl halides is 2. The number of hydrogen-bond acceptors (Lipinski definition) is 2. The van der Waals surface area contributed by atoms with Crippen LogP contribution in [0.1, 0.15) is 31.2 Å². The van der Waals surface area contributed by atoms with Crippen LogP contribution in [0.3, 0.4) is 0 Å². The summed E-state index contributed by atoms with van der Waals surface area (Å²) in [5.74, 6) is -2.90. The highest BCUT2D eigenvalue weighted by Crippen LogP contribution is 2.27. The highest BCUT2D eigenvalue weighted by atomic mass is 31.0. The molecule has 0 fully saturated rings. The zero-order valence-electron chi connectivity index (χ0n) is 11.1. The van der Waals surface area contributed by atoms with E-state index in [0.29, 0.717) is 6.61 Å². The molecule has 1 aromatic carbocycles. The average molecular weight is 289 g/mol. The maximum Gasteiger partial charge on any atom is 0.296 e. The first kappa shape index (κ1) is 16.5. The smallest absolute Gasteiger partial charge is 0.296 e. The molecular formula is C14H22F2NOP. The van der Waals surface area contributed by atoms with Crippen molar-refractivity contribution in [3.63, 3.8) is 0 Å². The van der Waals surface area contributed by atoms with Crippen LogP contribution in [0, 0.1) is 0 Å². The summed E-state index contributed by atoms with van der Waals surface area (Å²) >= 11 is 0. The second-order valence-corrected chi connectivity index (χ2v) is 4.90. The van der Waals surface area contributed by atoms with Crippen molar-refractivity contribution < 1.29 is 13.5 Å². The molecule has 5 heteroatoms. The molecule has 0 radical (unpaired) electrons. The molecule has 0 amide bonds. The zero-order valence-corrected chi connectivity index (χ0v) is 12.2. The first-order valence-electron chi connectivity index (χ1n) is 6.61. The van der Waals surface area contributed by atoms with Crippen molar-refractivity contribution in [1.29, 1.82) is 0 Å². The maximum absolute atomic E-state index is 13.7. The third kappa shape index (κ3) is 6.95. The van der Waals surface area contributed by atoms with Gasteiger partial charge in [0.25, 0.3) is 5.92 Å². The van der Waals surface area contributed by atoms with Crippen molar-refractivity contribution in [1.82, 2.24) is 5.09 Å². The number of unbranched alkanes of at least 4 members (excludes halogenated alkanes) is 3. The Morgan fingerprint density at radius 3 is 2.42 bits per heavy atom. The summed E-state index contributed by atoms with van der Waals surface area (Å²) in [7, 11) is 2.46. The van der Waals surface area contributed by atoms with Gasteiger partial charge < -0.3 is 9.82 Å². The molecule has 1 aromatic rings. The molecule has 1 rings (SSSR count). The topological polar surface area (TPSA) is 21.3 Å². The van der Waals surface area contributed by atoms with Gasteiger partial charge in [-0.25, -0.2) is 0 Å². The number of ether oxygens (including phenoxy) is 1. The molecule has 1 N–H and O–H groups in total. The van der Waals surface area contributed by atoms with Crippen molar-refractivity contribution in [2.45, 2.75) is 31.6 Å². The van der Waals surface area contributed by atoms with Gasteiger partial charge in [0, 0.05) is 12.2 Å². The van der Waals surface area contributed by atoms with Crippen molar-refractivity contribution in [3.05, 3.63) is 35.9 Å². The van der Waals surface area contributed by atoms with Crippen LogP contribution < -0.4 is 5.09 Å². The van der Waals surface area contributed by atoms with E-state index in [1.807, 2.05) is 0 Å². The summed E-state index contributed by atoms with van der Waals surface area (Å²) in [6.07, 6.45) is 4.05. The summed E-state index contributed by atoms with van der Waals surface area (Å²) in [5.41, 5.74) is 0.0153. The molecule has 0 bridgehead atoms. The summed E-state index contributed by atoms with van der Waals surface area (Å²) in [5, 5.41) is 2.99. The lowest BCUT2D eigenvalue weighted by atomic mass is 10.1. The number of benzene rings is 1. The summed E-state index contributed by atoms with van der Waals surface area (Å²) in [6.45, 7) is 0.832. The molecule has 1 atom stereocenters. The van der Waals surface area contributed by atoms with E-state index in [1.54, 1.807) is 18.2 Å². The Labute approximate surface area is 116 Å². The Kier molecular flexibility index (Phi) is 8.11. The highest BCUT2D eigenvalue weighted by molar-refractivity contribution is 7.13. The van der Waals surface area contributed by atoms with Crippen LogP contribution in [0.25, 0.3) is 0 Å². The van der Waals surface area contributed by atoms with Crippen molar-refractivity contribution in [2.75, 3.05) is 19.8 Å². The largest absolute Gasteiger partial charge is 0.375 e. The molecule has 0 aliphatic rings. The normalized spacial score (nSPS) is 11.7. The molecule has 0 saturated heterocycles. The predicted octanol–water partition coefficient (Wildman–Crippen LogP) is 3.74. The Balaban J connectivity index is 2.12. The molecule has 0 aliphatic heterocycles. The SMILES string of the molecule is FC(F)(COCCCCCCNP)c1ccccc1. The molecule has 0 aliphatic carbocycles. The van der Waals surface area contributed by atoms with Gasteiger partial charge >= 0.3 is 0 Å². The van der Waals surface area contributed by atoms with Crippen LogP contribution in [0.5, 0.6) is 0 Å². The number of hydrogen-bond donors (Lipinski definition) is 1. The summed E-state index contributed by atoms with van der Waals surface area (Å²) in [4.78, 5) is 0. The first-order chi connectivity index (χ1) is 9.17. The fraction of sp³-hybridized carbons (Fsp3) is 0.571. The van der Waals surface area contributed by atoms with Gasteiger partial charge in [-0.05, 0) is 19.4 Å². The number of nitrogens with one attached hydrogen (secondary N) is 1. The molecule has 0 aromatic heterocycles. The molecule has 0 spiro atoms. The lowest BCUT2D eigenvalue weighted by Crippen LogP contribution is -2.21. The van der Waals surface area contributed by atoms with Crippen molar-refractivity contribution in [3.8, 4) is 0 Å². The van der Waals surface area contributed by atoms with E-state index >= 15 is 0 Å². The monoisotopic (exact) mass is 289 g/mol. The van der Waals surface area contributed by atoms with Crippen molar-refractivity contribution >= 4 is 9.39 Å². The summed E-state index contributed by atoms with van der Waals surface area (Å²) < 4.78 is 32.5. The Morgan fingerprint density at radius 2 is 1.74 bits per heavy atom. The molecule has 108 valence electrons. The van der Waals surface area contributed by atoms with E-state index in [4.69, 9.17) is 4.74 Å². The van der Waals surface area contributed by atoms with Gasteiger partial charge in [0.2, 0.25) is 0 Å². The van der Waals surface area contributed by atoms with Crippen molar-refractivity contribution in [2.24, 2.45) is 0 Å². The van der Waals surface area contributed by atoms with Gasteiger partial charge in [0.15, 0.2) is 0 Å². The number of rotatable bonds is 10. The molecule has 2 nitrogen and oxygen atoms in total. The van der Waals surface area contributed by atoms with Crippen LogP contribution in [0.4, 0.5) is 8.78 Å². The zero-order chi connectivity index (χ0) is 14.0. The van der Waals surface area contributed by atoms with E-state index in [2.05, 4.69) is 14.5 Å². The fourth-order valence-electron chi connectivity index (χ4n) is 1.75. The Bertz CT molecular complexity index is 335. The molecular weight excluding hydrogens is 267 g/mol. The molecule has 0 saturated carbocycles. The van der Waals surface area contributed by atoms with Gasteiger partial charge in [0.1, 0.15) is 6.61 Å². The maximum atomic E-state index is 13.7. The first-order valence-corrected chi connectivity index (χ1v) is 7.19. The second-order valence-electron chi connectivity index (χ2n) is 4.49. The molecule has 1 unspecified atom stereocenters. The van der Waals surface area contributed by atoms with E-state index in [0.717, 1.165) is 32.2 Å². The second kappa shape index (κ2) is 9.35.